The summed E-state index contributed by atoms with van der Waals surface area (Å²) in [6, 6.07) is 0.575. The van der Waals surface area contributed by atoms with E-state index < -0.39 is 0 Å². The second-order valence-corrected chi connectivity index (χ2v) is 4.17. The lowest BCUT2D eigenvalue weighted by Gasteiger charge is -2.25. The number of rotatable bonds is 4. The predicted molar refractivity (Wildman–Crippen MR) is 59.3 cm³/mol. The van der Waals surface area contributed by atoms with Gasteiger partial charge in [-0.25, -0.2) is 4.98 Å². The van der Waals surface area contributed by atoms with Crippen molar-refractivity contribution in [2.24, 2.45) is 0 Å². The summed E-state index contributed by atoms with van der Waals surface area (Å²) in [5.74, 6) is 0. The lowest BCUT2D eigenvalue weighted by Crippen LogP contribution is -2.30. The molecule has 1 rings (SSSR count). The summed E-state index contributed by atoms with van der Waals surface area (Å²) in [5, 5.41) is 1.80. The van der Waals surface area contributed by atoms with Gasteiger partial charge in [-0.05, 0) is 12.8 Å². The predicted octanol–water partition coefficient (Wildman–Crippen LogP) is 2.35. The zero-order valence-electron chi connectivity index (χ0n) is 8.45. The van der Waals surface area contributed by atoms with E-state index in [4.69, 9.17) is 5.73 Å². The molecule has 0 saturated carbocycles. The molecule has 0 atom stereocenters. The third-order valence-electron chi connectivity index (χ3n) is 2.30. The number of aromatic nitrogens is 1. The van der Waals surface area contributed by atoms with Crippen LogP contribution >= 0.6 is 11.3 Å². The molecule has 0 radical (unpaired) electrons. The number of anilines is 2. The Morgan fingerprint density at radius 1 is 1.54 bits per heavy atom. The summed E-state index contributed by atoms with van der Waals surface area (Å²) in [5.41, 5.74) is 5.63. The van der Waals surface area contributed by atoms with Gasteiger partial charge in [0.05, 0.1) is 6.20 Å². The third-order valence-corrected chi connectivity index (χ3v) is 3.22. The van der Waals surface area contributed by atoms with Crippen LogP contribution in [0.15, 0.2) is 6.20 Å². The van der Waals surface area contributed by atoms with Gasteiger partial charge in [0.2, 0.25) is 0 Å². The Kier molecular flexibility index (Phi) is 3.54. The van der Waals surface area contributed by atoms with Crippen LogP contribution in [-0.2, 0) is 0 Å². The number of hydrogen-bond donors (Lipinski definition) is 1. The van der Waals surface area contributed by atoms with Gasteiger partial charge in [-0.1, -0.05) is 25.2 Å². The topological polar surface area (TPSA) is 42.2 Å². The van der Waals surface area contributed by atoms with Crippen LogP contribution in [0.5, 0.6) is 0 Å². The van der Waals surface area contributed by atoms with Gasteiger partial charge in [-0.15, -0.1) is 0 Å². The largest absolute Gasteiger partial charge is 0.389 e. The van der Waals surface area contributed by atoms with E-state index in [1.165, 1.54) is 0 Å². The normalized spacial score (nSPS) is 10.8. The highest BCUT2D eigenvalue weighted by molar-refractivity contribution is 7.19. The maximum atomic E-state index is 5.63. The van der Waals surface area contributed by atoms with Crippen molar-refractivity contribution in [1.82, 2.24) is 4.98 Å². The van der Waals surface area contributed by atoms with E-state index >= 15 is 0 Å². The van der Waals surface area contributed by atoms with Gasteiger partial charge in [0.15, 0.2) is 5.13 Å². The zero-order valence-corrected chi connectivity index (χ0v) is 9.27. The lowest BCUT2D eigenvalue weighted by molar-refractivity contribution is 0.590. The molecular formula is C9H17N3S. The van der Waals surface area contributed by atoms with Gasteiger partial charge in [0, 0.05) is 13.1 Å². The molecule has 0 saturated heterocycles. The first-order valence-corrected chi connectivity index (χ1v) is 5.44. The monoisotopic (exact) mass is 199 g/mol. The first kappa shape index (κ1) is 10.3. The van der Waals surface area contributed by atoms with Crippen molar-refractivity contribution in [1.29, 1.82) is 0 Å². The van der Waals surface area contributed by atoms with Crippen molar-refractivity contribution in [3.63, 3.8) is 0 Å². The molecular weight excluding hydrogens is 182 g/mol. The molecule has 0 fully saturated rings. The average molecular weight is 199 g/mol. The molecule has 3 nitrogen and oxygen atoms in total. The molecule has 1 heterocycles. The highest BCUT2D eigenvalue weighted by Crippen LogP contribution is 2.25. The quantitative estimate of drug-likeness (QED) is 0.809. The Morgan fingerprint density at radius 2 is 2.15 bits per heavy atom. The fourth-order valence-electron chi connectivity index (χ4n) is 1.43. The fraction of sp³-hybridized carbons (Fsp3) is 0.667. The molecule has 1 aromatic rings. The van der Waals surface area contributed by atoms with E-state index in [-0.39, 0.29) is 0 Å². The molecule has 74 valence electrons. The van der Waals surface area contributed by atoms with Crippen LogP contribution < -0.4 is 10.6 Å². The molecule has 0 spiro atoms. The maximum Gasteiger partial charge on any atom is 0.187 e. The second-order valence-electron chi connectivity index (χ2n) is 3.13. The Balaban J connectivity index is 2.71. The third kappa shape index (κ3) is 2.34. The van der Waals surface area contributed by atoms with Crippen molar-refractivity contribution in [3.05, 3.63) is 6.20 Å². The van der Waals surface area contributed by atoms with Crippen molar-refractivity contribution in [2.75, 3.05) is 17.7 Å². The van der Waals surface area contributed by atoms with Crippen LogP contribution in [-0.4, -0.2) is 18.1 Å². The Labute approximate surface area is 83.6 Å². The van der Waals surface area contributed by atoms with Crippen molar-refractivity contribution in [3.8, 4) is 0 Å². The lowest BCUT2D eigenvalue weighted by atomic mass is 10.1. The smallest absolute Gasteiger partial charge is 0.187 e. The Hall–Kier alpha value is -0.770. The van der Waals surface area contributed by atoms with E-state index in [1.54, 1.807) is 17.5 Å². The van der Waals surface area contributed by atoms with Gasteiger partial charge in [0.25, 0.3) is 0 Å². The number of hydrogen-bond acceptors (Lipinski definition) is 4. The van der Waals surface area contributed by atoms with E-state index in [0.717, 1.165) is 23.0 Å². The summed E-state index contributed by atoms with van der Waals surface area (Å²) in [6.45, 7) is 4.39. The number of nitrogen functional groups attached to an aromatic ring is 1. The first-order valence-electron chi connectivity index (χ1n) is 4.63. The van der Waals surface area contributed by atoms with E-state index in [9.17, 15) is 0 Å². The van der Waals surface area contributed by atoms with Crippen molar-refractivity contribution >= 4 is 21.5 Å². The van der Waals surface area contributed by atoms with Crippen molar-refractivity contribution in [2.45, 2.75) is 32.7 Å². The molecule has 0 bridgehead atoms. The number of thiazole rings is 1. The summed E-state index contributed by atoms with van der Waals surface area (Å²) in [7, 11) is 2.08. The number of nitrogens with two attached hydrogens (primary N) is 1. The Bertz CT molecular complexity index is 255. The molecule has 0 aliphatic rings. The Morgan fingerprint density at radius 3 is 2.54 bits per heavy atom. The molecule has 4 heteroatoms. The van der Waals surface area contributed by atoms with Gasteiger partial charge in [-0.3, -0.25) is 0 Å². The van der Waals surface area contributed by atoms with Gasteiger partial charge >= 0.3 is 0 Å². The van der Waals surface area contributed by atoms with Gasteiger partial charge in [-0.2, -0.15) is 0 Å². The zero-order chi connectivity index (χ0) is 9.84. The SMILES string of the molecule is CCC(CC)N(C)c1ncc(N)s1. The standard InChI is InChI=1S/C9H17N3S/c1-4-7(5-2)12(3)9-11-6-8(10)13-9/h6-7H,4-5,10H2,1-3H3. The molecule has 0 amide bonds. The van der Waals surface area contributed by atoms with Crippen LogP contribution in [0.1, 0.15) is 26.7 Å². The van der Waals surface area contributed by atoms with Crippen LogP contribution in [0.2, 0.25) is 0 Å². The molecule has 1 aromatic heterocycles. The summed E-state index contributed by atoms with van der Waals surface area (Å²) >= 11 is 1.55. The highest BCUT2D eigenvalue weighted by Gasteiger charge is 2.13. The average Bonchev–Trinajstić information content (AvgIpc) is 2.54. The van der Waals surface area contributed by atoms with Crippen molar-refractivity contribution < 1.29 is 0 Å². The summed E-state index contributed by atoms with van der Waals surface area (Å²) in [6.07, 6.45) is 4.01. The molecule has 2 N–H and O–H groups in total. The summed E-state index contributed by atoms with van der Waals surface area (Å²) < 4.78 is 0. The highest BCUT2D eigenvalue weighted by atomic mass is 32.1. The van der Waals surface area contributed by atoms with E-state index in [1.807, 2.05) is 0 Å². The minimum Gasteiger partial charge on any atom is -0.389 e. The molecule has 0 unspecified atom stereocenters. The molecule has 0 aliphatic heterocycles. The molecule has 0 aliphatic carbocycles. The maximum absolute atomic E-state index is 5.63. The minimum atomic E-state index is 0.575. The number of nitrogens with zero attached hydrogens (tertiary/aromatic N) is 2. The van der Waals surface area contributed by atoms with Crippen LogP contribution in [0.25, 0.3) is 0 Å². The second kappa shape index (κ2) is 4.46. The fourth-order valence-corrected chi connectivity index (χ4v) is 2.15. The minimum absolute atomic E-state index is 0.575. The van der Waals surface area contributed by atoms with E-state index in [2.05, 4.69) is 30.8 Å². The van der Waals surface area contributed by atoms with Crippen LogP contribution in [0.3, 0.4) is 0 Å². The van der Waals surface area contributed by atoms with E-state index in [0.29, 0.717) is 6.04 Å². The summed E-state index contributed by atoms with van der Waals surface area (Å²) in [4.78, 5) is 6.46. The van der Waals surface area contributed by atoms with Gasteiger partial charge < -0.3 is 10.6 Å². The van der Waals surface area contributed by atoms with Crippen LogP contribution in [0.4, 0.5) is 10.1 Å². The van der Waals surface area contributed by atoms with Crippen LogP contribution in [0, 0.1) is 0 Å². The van der Waals surface area contributed by atoms with Gasteiger partial charge in [0.1, 0.15) is 5.00 Å². The molecule has 0 aromatic carbocycles. The first-order chi connectivity index (χ1) is 6.19. The molecule has 13 heavy (non-hydrogen) atoms.